The van der Waals surface area contributed by atoms with E-state index < -0.39 is 22.9 Å². The summed E-state index contributed by atoms with van der Waals surface area (Å²) in [7, 11) is 3.08. The minimum absolute atomic E-state index is 0.134. The molecule has 0 saturated carbocycles. The van der Waals surface area contributed by atoms with E-state index in [4.69, 9.17) is 23.2 Å². The van der Waals surface area contributed by atoms with Gasteiger partial charge in [0.2, 0.25) is 11.7 Å². The summed E-state index contributed by atoms with van der Waals surface area (Å²) in [6.07, 6.45) is 2.46. The fraction of sp³-hybridized carbons (Fsp3) is 0.176. The number of nitrogens with zero attached hydrogens (tertiary/aromatic N) is 4. The maximum atomic E-state index is 12.4. The minimum Gasteiger partial charge on any atom is -0.501 e. The molecule has 9 nitrogen and oxygen atoms in total. The van der Waals surface area contributed by atoms with E-state index in [9.17, 15) is 14.7 Å². The average Bonchev–Trinajstić information content (AvgIpc) is 3.16. The lowest BCUT2D eigenvalue weighted by atomic mass is 10.2. The third-order valence-electron chi connectivity index (χ3n) is 3.95. The molecule has 0 unspecified atom stereocenters. The molecule has 0 spiro atoms. The highest BCUT2D eigenvalue weighted by Crippen LogP contribution is 2.27. The summed E-state index contributed by atoms with van der Waals surface area (Å²) < 4.78 is 5.75. The molecular weight excluding hydrogens is 409 g/mol. The van der Waals surface area contributed by atoms with Crippen molar-refractivity contribution in [1.29, 1.82) is 0 Å². The first-order valence-electron chi connectivity index (χ1n) is 7.94. The molecule has 2 aromatic heterocycles. The zero-order valence-corrected chi connectivity index (χ0v) is 16.3. The molecule has 1 amide bonds. The normalized spacial score (nSPS) is 10.7. The van der Waals surface area contributed by atoms with Gasteiger partial charge in [-0.2, -0.15) is 0 Å². The highest BCUT2D eigenvalue weighted by atomic mass is 35.5. The second kappa shape index (κ2) is 7.91. The molecule has 0 atom stereocenters. The van der Waals surface area contributed by atoms with E-state index in [0.29, 0.717) is 15.6 Å². The molecule has 0 fully saturated rings. The SMILES string of the molecule is CN(Cc1c(Cl)cccc1Cl)c1nc(C(=O)Nc2cnoc2)c(O)c(=O)n1C. The van der Waals surface area contributed by atoms with Gasteiger partial charge in [0.25, 0.3) is 11.5 Å². The highest BCUT2D eigenvalue weighted by molar-refractivity contribution is 6.36. The number of rotatable bonds is 5. The number of hydrogen-bond donors (Lipinski definition) is 2. The van der Waals surface area contributed by atoms with Crippen molar-refractivity contribution in [2.45, 2.75) is 6.54 Å². The zero-order chi connectivity index (χ0) is 20.4. The molecule has 11 heteroatoms. The third-order valence-corrected chi connectivity index (χ3v) is 4.66. The van der Waals surface area contributed by atoms with E-state index in [-0.39, 0.29) is 18.2 Å². The molecular formula is C17H15Cl2N5O4. The van der Waals surface area contributed by atoms with Crippen molar-refractivity contribution in [3.05, 3.63) is 62.3 Å². The Morgan fingerprint density at radius 3 is 2.64 bits per heavy atom. The fourth-order valence-electron chi connectivity index (χ4n) is 2.53. The van der Waals surface area contributed by atoms with Crippen LogP contribution in [0.15, 0.2) is 40.0 Å². The average molecular weight is 424 g/mol. The van der Waals surface area contributed by atoms with Gasteiger partial charge in [-0.3, -0.25) is 14.2 Å². The number of aromatic nitrogens is 3. The minimum atomic E-state index is -0.788. The van der Waals surface area contributed by atoms with E-state index in [2.05, 4.69) is 20.0 Å². The Morgan fingerprint density at radius 1 is 1.36 bits per heavy atom. The molecule has 3 aromatic rings. The molecule has 0 saturated heterocycles. The van der Waals surface area contributed by atoms with Crippen LogP contribution in [0.3, 0.4) is 0 Å². The number of carbonyl (C=O) groups excluding carboxylic acids is 1. The maximum absolute atomic E-state index is 12.4. The van der Waals surface area contributed by atoms with Gasteiger partial charge in [-0.05, 0) is 12.1 Å². The number of halogens is 2. The Morgan fingerprint density at radius 2 is 2.04 bits per heavy atom. The predicted octanol–water partition coefficient (Wildman–Crippen LogP) is 2.67. The summed E-state index contributed by atoms with van der Waals surface area (Å²) in [5.41, 5.74) is -0.329. The van der Waals surface area contributed by atoms with Crippen molar-refractivity contribution in [2.75, 3.05) is 17.3 Å². The second-order valence-corrected chi connectivity index (χ2v) is 6.71. The van der Waals surface area contributed by atoms with Crippen LogP contribution in [0, 0.1) is 0 Å². The first-order chi connectivity index (χ1) is 13.3. The molecule has 2 heterocycles. The Hall–Kier alpha value is -3.04. The van der Waals surface area contributed by atoms with Gasteiger partial charge in [-0.25, -0.2) is 4.98 Å². The molecule has 0 radical (unpaired) electrons. The van der Waals surface area contributed by atoms with Crippen molar-refractivity contribution in [2.24, 2.45) is 7.05 Å². The molecule has 146 valence electrons. The first-order valence-corrected chi connectivity index (χ1v) is 8.70. The molecule has 1 aromatic carbocycles. The van der Waals surface area contributed by atoms with Crippen LogP contribution in [0.1, 0.15) is 16.1 Å². The Kier molecular flexibility index (Phi) is 5.57. The molecule has 28 heavy (non-hydrogen) atoms. The Bertz CT molecular complexity index is 1060. The maximum Gasteiger partial charge on any atom is 0.297 e. The van der Waals surface area contributed by atoms with Crippen LogP contribution in [0.2, 0.25) is 10.0 Å². The van der Waals surface area contributed by atoms with Crippen molar-refractivity contribution in [3.63, 3.8) is 0 Å². The molecule has 0 aliphatic heterocycles. The smallest absolute Gasteiger partial charge is 0.297 e. The summed E-state index contributed by atoms with van der Waals surface area (Å²) in [5.74, 6) is -1.43. The number of nitrogens with one attached hydrogen (secondary N) is 1. The summed E-state index contributed by atoms with van der Waals surface area (Å²) in [4.78, 5) is 30.6. The summed E-state index contributed by atoms with van der Waals surface area (Å²) in [6.45, 7) is 0.219. The van der Waals surface area contributed by atoms with E-state index >= 15 is 0 Å². The molecule has 3 rings (SSSR count). The van der Waals surface area contributed by atoms with Crippen LogP contribution >= 0.6 is 23.2 Å². The van der Waals surface area contributed by atoms with Crippen LogP contribution in [0.25, 0.3) is 0 Å². The van der Waals surface area contributed by atoms with E-state index in [1.54, 1.807) is 30.1 Å². The summed E-state index contributed by atoms with van der Waals surface area (Å²) in [5, 5.41) is 16.9. The Balaban J connectivity index is 1.98. The lowest BCUT2D eigenvalue weighted by Gasteiger charge is -2.22. The van der Waals surface area contributed by atoms with Gasteiger partial charge in [-0.15, -0.1) is 0 Å². The van der Waals surface area contributed by atoms with Crippen molar-refractivity contribution in [1.82, 2.24) is 14.7 Å². The monoisotopic (exact) mass is 423 g/mol. The van der Waals surface area contributed by atoms with E-state index in [1.165, 1.54) is 19.5 Å². The predicted molar refractivity (Wildman–Crippen MR) is 104 cm³/mol. The standard InChI is InChI=1S/C17H15Cl2N5O4/c1-23(7-10-11(18)4-3-5-12(10)19)17-22-13(14(25)16(27)24(17)2)15(26)21-9-6-20-28-8-9/h3-6,8,25H,7H2,1-2H3,(H,21,26). The number of anilines is 2. The molecule has 0 bridgehead atoms. The van der Waals surface area contributed by atoms with Gasteiger partial charge in [0.05, 0.1) is 6.20 Å². The molecule has 2 N–H and O–H groups in total. The van der Waals surface area contributed by atoms with E-state index in [1.807, 2.05) is 0 Å². The highest BCUT2D eigenvalue weighted by Gasteiger charge is 2.23. The van der Waals surface area contributed by atoms with Crippen molar-refractivity contribution < 1.29 is 14.4 Å². The summed E-state index contributed by atoms with van der Waals surface area (Å²) >= 11 is 12.4. The first kappa shape index (κ1) is 19.7. The van der Waals surface area contributed by atoms with Crippen LogP contribution in [-0.2, 0) is 13.6 Å². The van der Waals surface area contributed by atoms with Crippen LogP contribution in [0.5, 0.6) is 5.75 Å². The molecule has 0 aliphatic rings. The van der Waals surface area contributed by atoms with Gasteiger partial charge >= 0.3 is 0 Å². The molecule has 0 aliphatic carbocycles. The number of aromatic hydroxyl groups is 1. The third kappa shape index (κ3) is 3.80. The van der Waals surface area contributed by atoms with Gasteiger partial charge < -0.3 is 19.8 Å². The largest absolute Gasteiger partial charge is 0.501 e. The number of benzene rings is 1. The van der Waals surface area contributed by atoms with Gasteiger partial charge in [-0.1, -0.05) is 34.4 Å². The van der Waals surface area contributed by atoms with Crippen molar-refractivity contribution in [3.8, 4) is 5.75 Å². The van der Waals surface area contributed by atoms with Crippen LogP contribution in [-0.4, -0.2) is 32.8 Å². The number of amides is 1. The van der Waals surface area contributed by atoms with E-state index in [0.717, 1.165) is 4.57 Å². The summed E-state index contributed by atoms with van der Waals surface area (Å²) in [6, 6.07) is 5.10. The number of carbonyl (C=O) groups is 1. The lowest BCUT2D eigenvalue weighted by molar-refractivity contribution is 0.101. The quantitative estimate of drug-likeness (QED) is 0.648. The Labute approximate surface area is 169 Å². The van der Waals surface area contributed by atoms with Gasteiger partial charge in [0.15, 0.2) is 5.69 Å². The lowest BCUT2D eigenvalue weighted by Crippen LogP contribution is -2.31. The second-order valence-electron chi connectivity index (χ2n) is 5.90. The topological polar surface area (TPSA) is 113 Å². The van der Waals surface area contributed by atoms with Crippen LogP contribution < -0.4 is 15.8 Å². The fourth-order valence-corrected chi connectivity index (χ4v) is 3.04. The van der Waals surface area contributed by atoms with Crippen molar-refractivity contribution >= 4 is 40.7 Å². The van der Waals surface area contributed by atoms with Gasteiger partial charge in [0, 0.05) is 36.2 Å². The number of hydrogen-bond acceptors (Lipinski definition) is 7. The van der Waals surface area contributed by atoms with Gasteiger partial charge in [0.1, 0.15) is 12.0 Å². The van der Waals surface area contributed by atoms with Crippen LogP contribution in [0.4, 0.5) is 11.6 Å². The zero-order valence-electron chi connectivity index (χ0n) is 14.8.